The van der Waals surface area contributed by atoms with Gasteiger partial charge in [0, 0.05) is 12.5 Å². The van der Waals surface area contributed by atoms with Crippen LogP contribution in [-0.4, -0.2) is 38.3 Å². The van der Waals surface area contributed by atoms with E-state index in [1.807, 2.05) is 19.1 Å². The van der Waals surface area contributed by atoms with Crippen LogP contribution in [0, 0.1) is 6.92 Å². The van der Waals surface area contributed by atoms with Gasteiger partial charge < -0.3 is 4.74 Å². The zero-order valence-corrected chi connectivity index (χ0v) is 14.1. The molecule has 0 radical (unpaired) electrons. The number of sulfone groups is 1. The molecule has 5 nitrogen and oxygen atoms in total. The molecule has 0 aliphatic carbocycles. The second-order valence-corrected chi connectivity index (χ2v) is 7.72. The third-order valence-corrected chi connectivity index (χ3v) is 5.01. The highest BCUT2D eigenvalue weighted by Crippen LogP contribution is 2.32. The largest absolute Gasteiger partial charge is 0.466 e. The van der Waals surface area contributed by atoms with Gasteiger partial charge in [-0.05, 0) is 36.2 Å². The van der Waals surface area contributed by atoms with Crippen LogP contribution in [0.5, 0.6) is 0 Å². The molecule has 1 aliphatic rings. The molecule has 2 atom stereocenters. The average molecular weight is 348 g/mol. The van der Waals surface area contributed by atoms with E-state index < -0.39 is 28.7 Å². The number of pyridine rings is 1. The Morgan fingerprint density at radius 3 is 2.50 bits per heavy atom. The summed E-state index contributed by atoms with van der Waals surface area (Å²) in [5, 5.41) is 0. The van der Waals surface area contributed by atoms with Crippen LogP contribution in [0.3, 0.4) is 0 Å². The first kappa shape index (κ1) is 16.6. The number of benzene rings is 1. The molecular formula is C17H17FN2O3S. The summed E-state index contributed by atoms with van der Waals surface area (Å²) in [6.45, 7) is 1.21. The normalized spacial score (nSPS) is 20.5. The third-order valence-electron chi connectivity index (χ3n) is 3.88. The molecule has 2 aromatic rings. The smallest absolute Gasteiger partial charge is 0.236 e. The summed E-state index contributed by atoms with van der Waals surface area (Å²) < 4.78 is 42.3. The van der Waals surface area contributed by atoms with Gasteiger partial charge in [0.2, 0.25) is 5.90 Å². The number of hydrogen-bond donors (Lipinski definition) is 0. The van der Waals surface area contributed by atoms with Crippen molar-refractivity contribution in [2.45, 2.75) is 24.0 Å². The molecule has 0 fully saturated rings. The molecule has 126 valence electrons. The van der Waals surface area contributed by atoms with Crippen molar-refractivity contribution in [3.05, 3.63) is 59.4 Å². The molecule has 0 saturated heterocycles. The Bertz CT molecular complexity index is 879. The van der Waals surface area contributed by atoms with Gasteiger partial charge in [-0.2, -0.15) is 0 Å². The van der Waals surface area contributed by atoms with E-state index >= 15 is 0 Å². The molecule has 0 N–H and O–H groups in total. The van der Waals surface area contributed by atoms with Crippen LogP contribution in [0.1, 0.15) is 22.9 Å². The van der Waals surface area contributed by atoms with Crippen LogP contribution in [0.2, 0.25) is 0 Å². The monoisotopic (exact) mass is 348 g/mol. The van der Waals surface area contributed by atoms with Crippen LogP contribution in [0.15, 0.2) is 52.5 Å². The fourth-order valence-corrected chi connectivity index (χ4v) is 3.21. The highest BCUT2D eigenvalue weighted by Gasteiger charge is 2.34. The summed E-state index contributed by atoms with van der Waals surface area (Å²) >= 11 is 0. The molecule has 0 amide bonds. The summed E-state index contributed by atoms with van der Waals surface area (Å²) in [4.78, 5) is 8.76. The number of aliphatic imine (C=N–C) groups is 1. The van der Waals surface area contributed by atoms with E-state index in [1.54, 1.807) is 18.3 Å². The van der Waals surface area contributed by atoms with E-state index in [2.05, 4.69) is 9.98 Å². The predicted octanol–water partition coefficient (Wildman–Crippen LogP) is 2.65. The first-order chi connectivity index (χ1) is 11.4. The van der Waals surface area contributed by atoms with Crippen molar-refractivity contribution in [3.8, 4) is 0 Å². The Hall–Kier alpha value is -2.28. The van der Waals surface area contributed by atoms with Crippen LogP contribution >= 0.6 is 0 Å². The maximum atomic E-state index is 13.4. The molecule has 3 rings (SSSR count). The van der Waals surface area contributed by atoms with Gasteiger partial charge in [0.25, 0.3) is 0 Å². The molecule has 0 bridgehead atoms. The molecule has 1 aromatic heterocycles. The second kappa shape index (κ2) is 6.32. The summed E-state index contributed by atoms with van der Waals surface area (Å²) in [5.41, 5.74) is 2.16. The lowest BCUT2D eigenvalue weighted by Crippen LogP contribution is -2.16. The lowest BCUT2D eigenvalue weighted by Gasteiger charge is -2.16. The first-order valence-corrected chi connectivity index (χ1v) is 9.31. The van der Waals surface area contributed by atoms with Crippen LogP contribution < -0.4 is 0 Å². The minimum absolute atomic E-state index is 0.211. The van der Waals surface area contributed by atoms with E-state index in [-0.39, 0.29) is 4.90 Å². The Labute approximate surface area is 140 Å². The number of aromatic nitrogens is 1. The Balaban J connectivity index is 1.89. The molecular weight excluding hydrogens is 331 g/mol. The molecule has 0 saturated carbocycles. The van der Waals surface area contributed by atoms with E-state index in [0.29, 0.717) is 17.2 Å². The molecule has 1 aromatic carbocycles. The zero-order valence-electron chi connectivity index (χ0n) is 13.3. The van der Waals surface area contributed by atoms with Gasteiger partial charge in [0.15, 0.2) is 15.9 Å². The molecule has 2 heterocycles. The molecule has 24 heavy (non-hydrogen) atoms. The number of halogens is 1. The molecule has 7 heteroatoms. The minimum Gasteiger partial charge on any atom is -0.466 e. The zero-order chi connectivity index (χ0) is 17.3. The standard InChI is InChI=1S/C17H17FN2O3S/c1-11-4-3-9-19-15(11)17-20-14(10-18)16(23-17)12-5-7-13(8-6-12)24(2,21)22/h3-9,14,16H,10H2,1-2H3. The number of alkyl halides is 1. The van der Waals surface area contributed by atoms with Crippen LogP contribution in [-0.2, 0) is 14.6 Å². The van der Waals surface area contributed by atoms with E-state index in [0.717, 1.165) is 11.8 Å². The van der Waals surface area contributed by atoms with Crippen molar-refractivity contribution in [3.63, 3.8) is 0 Å². The maximum absolute atomic E-state index is 13.4. The van der Waals surface area contributed by atoms with Crippen LogP contribution in [0.25, 0.3) is 0 Å². The quantitative estimate of drug-likeness (QED) is 0.852. The minimum atomic E-state index is -3.28. The van der Waals surface area contributed by atoms with Crippen LogP contribution in [0.4, 0.5) is 4.39 Å². The van der Waals surface area contributed by atoms with Crippen molar-refractivity contribution in [2.24, 2.45) is 4.99 Å². The third kappa shape index (κ3) is 3.17. The summed E-state index contributed by atoms with van der Waals surface area (Å²) in [6, 6.07) is 9.27. The number of nitrogens with zero attached hydrogens (tertiary/aromatic N) is 2. The second-order valence-electron chi connectivity index (χ2n) is 5.70. The number of rotatable bonds is 4. The highest BCUT2D eigenvalue weighted by atomic mass is 32.2. The number of ether oxygens (including phenoxy) is 1. The van der Waals surface area contributed by atoms with E-state index in [4.69, 9.17) is 4.74 Å². The lowest BCUT2D eigenvalue weighted by atomic mass is 10.0. The first-order valence-electron chi connectivity index (χ1n) is 7.42. The fraction of sp³-hybridized carbons (Fsp3) is 0.294. The van der Waals surface area contributed by atoms with E-state index in [1.165, 1.54) is 12.1 Å². The maximum Gasteiger partial charge on any atom is 0.236 e. The average Bonchev–Trinajstić information content (AvgIpc) is 2.98. The fourth-order valence-electron chi connectivity index (χ4n) is 2.58. The van der Waals surface area contributed by atoms with Crippen molar-refractivity contribution in [2.75, 3.05) is 12.9 Å². The lowest BCUT2D eigenvalue weighted by molar-refractivity contribution is 0.180. The Morgan fingerprint density at radius 1 is 1.21 bits per heavy atom. The molecule has 2 unspecified atom stereocenters. The topological polar surface area (TPSA) is 68.6 Å². The Morgan fingerprint density at radius 2 is 1.92 bits per heavy atom. The van der Waals surface area contributed by atoms with Gasteiger partial charge >= 0.3 is 0 Å². The van der Waals surface area contributed by atoms with Gasteiger partial charge in [0.1, 0.15) is 18.4 Å². The van der Waals surface area contributed by atoms with Gasteiger partial charge in [0.05, 0.1) is 4.90 Å². The number of aryl methyl sites for hydroxylation is 1. The summed E-state index contributed by atoms with van der Waals surface area (Å²) in [7, 11) is -3.28. The Kier molecular flexibility index (Phi) is 4.36. The van der Waals surface area contributed by atoms with E-state index in [9.17, 15) is 12.8 Å². The van der Waals surface area contributed by atoms with Crippen molar-refractivity contribution >= 4 is 15.7 Å². The van der Waals surface area contributed by atoms with Crippen molar-refractivity contribution < 1.29 is 17.5 Å². The van der Waals surface area contributed by atoms with Gasteiger partial charge in [-0.1, -0.05) is 18.2 Å². The molecule has 0 spiro atoms. The number of hydrogen-bond acceptors (Lipinski definition) is 5. The highest BCUT2D eigenvalue weighted by molar-refractivity contribution is 7.90. The van der Waals surface area contributed by atoms with Crippen molar-refractivity contribution in [1.29, 1.82) is 0 Å². The van der Waals surface area contributed by atoms with Crippen molar-refractivity contribution in [1.82, 2.24) is 4.98 Å². The summed E-state index contributed by atoms with van der Waals surface area (Å²) in [6.07, 6.45) is 2.18. The van der Waals surface area contributed by atoms with Gasteiger partial charge in [-0.15, -0.1) is 0 Å². The SMILES string of the molecule is Cc1cccnc1C1=NC(CF)C(c2ccc(S(C)(=O)=O)cc2)O1. The predicted molar refractivity (Wildman–Crippen MR) is 88.7 cm³/mol. The van der Waals surface area contributed by atoms with Gasteiger partial charge in [-0.3, -0.25) is 4.98 Å². The van der Waals surface area contributed by atoms with Gasteiger partial charge in [-0.25, -0.2) is 17.8 Å². The summed E-state index contributed by atoms with van der Waals surface area (Å²) in [5.74, 6) is 0.313. The molecule has 1 aliphatic heterocycles.